The van der Waals surface area contributed by atoms with Crippen molar-refractivity contribution in [2.24, 2.45) is 0 Å². The van der Waals surface area contributed by atoms with Gasteiger partial charge in [0.15, 0.2) is 18.1 Å². The van der Waals surface area contributed by atoms with Crippen molar-refractivity contribution in [2.45, 2.75) is 6.61 Å². The maximum Gasteiger partial charge on any atom is 0.338 e. The molecule has 0 fully saturated rings. The molecule has 146 valence electrons. The van der Waals surface area contributed by atoms with Crippen LogP contribution in [0, 0.1) is 0 Å². The van der Waals surface area contributed by atoms with E-state index in [0.717, 1.165) is 0 Å². The lowest BCUT2D eigenvalue weighted by molar-refractivity contribution is 0.0438. The number of ether oxygens (including phenoxy) is 4. The van der Waals surface area contributed by atoms with Crippen molar-refractivity contribution in [3.8, 4) is 34.5 Å². The molecule has 1 aromatic heterocycles. The first kappa shape index (κ1) is 19.0. The molecule has 0 aliphatic heterocycles. The van der Waals surface area contributed by atoms with E-state index in [0.29, 0.717) is 28.4 Å². The Bertz CT molecular complexity index is 942. The third-order valence-corrected chi connectivity index (χ3v) is 3.81. The van der Waals surface area contributed by atoms with E-state index in [4.69, 9.17) is 23.4 Å². The monoisotopic (exact) mass is 386 g/mol. The van der Waals surface area contributed by atoms with Gasteiger partial charge in [0.25, 0.3) is 5.89 Å². The minimum atomic E-state index is -0.576. The van der Waals surface area contributed by atoms with Crippen molar-refractivity contribution >= 4 is 5.97 Å². The summed E-state index contributed by atoms with van der Waals surface area (Å²) in [5, 5.41) is 17.1. The number of carbonyl (C=O) groups is 1. The Balaban J connectivity index is 1.75. The molecule has 28 heavy (non-hydrogen) atoms. The van der Waals surface area contributed by atoms with Crippen molar-refractivity contribution in [2.75, 3.05) is 21.3 Å². The van der Waals surface area contributed by atoms with E-state index in [1.165, 1.54) is 45.6 Å². The summed E-state index contributed by atoms with van der Waals surface area (Å²) in [4.78, 5) is 12.0. The molecular weight excluding hydrogens is 368 g/mol. The van der Waals surface area contributed by atoms with Crippen LogP contribution in [0.5, 0.6) is 23.0 Å². The lowest BCUT2D eigenvalue weighted by Crippen LogP contribution is -2.05. The molecule has 0 atom stereocenters. The third kappa shape index (κ3) is 3.98. The Hall–Kier alpha value is -3.75. The highest BCUT2D eigenvalue weighted by Crippen LogP contribution is 2.40. The molecule has 3 aromatic rings. The van der Waals surface area contributed by atoms with E-state index in [-0.39, 0.29) is 24.1 Å². The number of methoxy groups -OCH3 is 3. The Morgan fingerprint density at radius 3 is 2.21 bits per heavy atom. The fourth-order valence-corrected chi connectivity index (χ4v) is 2.44. The third-order valence-electron chi connectivity index (χ3n) is 3.81. The average Bonchev–Trinajstić information content (AvgIpc) is 3.20. The topological polar surface area (TPSA) is 113 Å². The molecule has 0 saturated carbocycles. The van der Waals surface area contributed by atoms with Crippen molar-refractivity contribution in [1.29, 1.82) is 0 Å². The molecule has 0 saturated heterocycles. The van der Waals surface area contributed by atoms with Gasteiger partial charge < -0.3 is 28.5 Å². The van der Waals surface area contributed by atoms with Crippen LogP contribution < -0.4 is 14.2 Å². The van der Waals surface area contributed by atoms with Crippen LogP contribution in [0.15, 0.2) is 40.8 Å². The molecule has 0 bridgehead atoms. The van der Waals surface area contributed by atoms with Gasteiger partial charge in [-0.2, -0.15) is 0 Å². The fraction of sp³-hybridized carbons (Fsp3) is 0.211. The molecule has 1 heterocycles. The van der Waals surface area contributed by atoms with Crippen LogP contribution in [0.4, 0.5) is 0 Å². The van der Waals surface area contributed by atoms with E-state index in [1.807, 2.05) is 0 Å². The number of carbonyl (C=O) groups excluding carboxylic acids is 1. The number of nitrogens with zero attached hydrogens (tertiary/aromatic N) is 2. The molecule has 0 aliphatic rings. The quantitative estimate of drug-likeness (QED) is 0.612. The molecule has 2 aromatic carbocycles. The zero-order valence-corrected chi connectivity index (χ0v) is 15.5. The smallest absolute Gasteiger partial charge is 0.338 e. The molecule has 1 N–H and O–H groups in total. The van der Waals surface area contributed by atoms with Gasteiger partial charge in [0.05, 0.1) is 26.9 Å². The van der Waals surface area contributed by atoms with Crippen LogP contribution in [0.3, 0.4) is 0 Å². The SMILES string of the molecule is COc1cc(-c2nnc(COC(=O)c3ccc(O)cc3)o2)cc(OC)c1OC. The van der Waals surface area contributed by atoms with Gasteiger partial charge in [0, 0.05) is 5.56 Å². The van der Waals surface area contributed by atoms with E-state index in [1.54, 1.807) is 12.1 Å². The molecule has 0 aliphatic carbocycles. The number of aromatic hydroxyl groups is 1. The highest BCUT2D eigenvalue weighted by Gasteiger charge is 2.18. The van der Waals surface area contributed by atoms with Gasteiger partial charge in [0.1, 0.15) is 5.75 Å². The van der Waals surface area contributed by atoms with Crippen molar-refractivity contribution in [3.63, 3.8) is 0 Å². The zero-order valence-electron chi connectivity index (χ0n) is 15.5. The van der Waals surface area contributed by atoms with Crippen molar-refractivity contribution < 1.29 is 33.3 Å². The minimum Gasteiger partial charge on any atom is -0.508 e. The second-order valence-electron chi connectivity index (χ2n) is 5.54. The standard InChI is InChI=1S/C19H18N2O7/c1-24-14-8-12(9-15(25-2)17(14)26-3)18-21-20-16(28-18)10-27-19(23)11-4-6-13(22)7-5-11/h4-9,22H,10H2,1-3H3. The Labute approximate surface area is 160 Å². The van der Waals surface area contributed by atoms with Gasteiger partial charge in [-0.1, -0.05) is 0 Å². The maximum absolute atomic E-state index is 12.0. The summed E-state index contributed by atoms with van der Waals surface area (Å²) in [5.41, 5.74) is 0.847. The highest BCUT2D eigenvalue weighted by atomic mass is 16.5. The molecular formula is C19H18N2O7. The van der Waals surface area contributed by atoms with Crippen molar-refractivity contribution in [1.82, 2.24) is 10.2 Å². The normalized spacial score (nSPS) is 10.4. The van der Waals surface area contributed by atoms with Crippen LogP contribution in [0.25, 0.3) is 11.5 Å². The summed E-state index contributed by atoms with van der Waals surface area (Å²) in [7, 11) is 4.51. The van der Waals surface area contributed by atoms with Gasteiger partial charge in [-0.25, -0.2) is 4.79 Å². The van der Waals surface area contributed by atoms with Crippen LogP contribution in [-0.2, 0) is 11.3 Å². The molecule has 0 unspecified atom stereocenters. The first-order valence-corrected chi connectivity index (χ1v) is 8.14. The summed E-state index contributed by atoms with van der Waals surface area (Å²) in [6, 6.07) is 9.03. The predicted molar refractivity (Wildman–Crippen MR) is 96.6 cm³/mol. The number of hydrogen-bond donors (Lipinski definition) is 1. The number of phenols is 1. The molecule has 0 spiro atoms. The lowest BCUT2D eigenvalue weighted by atomic mass is 10.2. The predicted octanol–water partition coefficient (Wildman–Crippen LogP) is 2.83. The summed E-state index contributed by atoms with van der Waals surface area (Å²) in [5.74, 6) is 1.13. The summed E-state index contributed by atoms with van der Waals surface area (Å²) >= 11 is 0. The number of phenolic OH excluding ortho intramolecular Hbond substituents is 1. The van der Waals surface area contributed by atoms with Gasteiger partial charge in [-0.15, -0.1) is 10.2 Å². The van der Waals surface area contributed by atoms with E-state index in [9.17, 15) is 9.90 Å². The Kier molecular flexibility index (Phi) is 5.64. The summed E-state index contributed by atoms with van der Waals surface area (Å²) in [6.07, 6.45) is 0. The maximum atomic E-state index is 12.0. The molecule has 9 nitrogen and oxygen atoms in total. The zero-order chi connectivity index (χ0) is 20.1. The molecule has 3 rings (SSSR count). The minimum absolute atomic E-state index is 0.0587. The van der Waals surface area contributed by atoms with Crippen LogP contribution in [0.1, 0.15) is 16.2 Å². The molecule has 9 heteroatoms. The number of benzene rings is 2. The second kappa shape index (κ2) is 8.30. The van der Waals surface area contributed by atoms with Gasteiger partial charge in [-0.05, 0) is 36.4 Å². The van der Waals surface area contributed by atoms with E-state index >= 15 is 0 Å². The number of hydrogen-bond acceptors (Lipinski definition) is 9. The summed E-state index contributed by atoms with van der Waals surface area (Å²) < 4.78 is 26.6. The van der Waals surface area contributed by atoms with Gasteiger partial charge in [-0.3, -0.25) is 0 Å². The Morgan fingerprint density at radius 1 is 1.00 bits per heavy atom. The van der Waals surface area contributed by atoms with E-state index < -0.39 is 5.97 Å². The first-order chi connectivity index (χ1) is 13.5. The first-order valence-electron chi connectivity index (χ1n) is 8.14. The van der Waals surface area contributed by atoms with Crippen LogP contribution in [-0.4, -0.2) is 42.6 Å². The molecule has 0 radical (unpaired) electrons. The Morgan fingerprint density at radius 2 is 1.64 bits per heavy atom. The molecule has 0 amide bonds. The average molecular weight is 386 g/mol. The van der Waals surface area contributed by atoms with Crippen molar-refractivity contribution in [3.05, 3.63) is 47.9 Å². The van der Waals surface area contributed by atoms with Gasteiger partial charge in [0.2, 0.25) is 11.6 Å². The highest BCUT2D eigenvalue weighted by molar-refractivity contribution is 5.89. The van der Waals surface area contributed by atoms with Crippen LogP contribution in [0.2, 0.25) is 0 Å². The van der Waals surface area contributed by atoms with E-state index in [2.05, 4.69) is 10.2 Å². The van der Waals surface area contributed by atoms with Crippen LogP contribution >= 0.6 is 0 Å². The number of esters is 1. The number of aromatic nitrogens is 2. The second-order valence-corrected chi connectivity index (χ2v) is 5.54. The van der Waals surface area contributed by atoms with Gasteiger partial charge >= 0.3 is 5.97 Å². The fourth-order valence-electron chi connectivity index (χ4n) is 2.44. The summed E-state index contributed by atoms with van der Waals surface area (Å²) in [6.45, 7) is -0.197. The largest absolute Gasteiger partial charge is 0.508 e. The number of rotatable bonds is 7. The lowest BCUT2D eigenvalue weighted by Gasteiger charge is -2.12.